The van der Waals surface area contributed by atoms with E-state index >= 15 is 0 Å². The molecule has 1 aromatic heterocycles. The van der Waals surface area contributed by atoms with Gasteiger partial charge in [0.15, 0.2) is 0 Å². The summed E-state index contributed by atoms with van der Waals surface area (Å²) in [5.74, 6) is -0.116. The Morgan fingerprint density at radius 1 is 1.23 bits per heavy atom. The SMILES string of the molecule is CCN(Cc1cccs1)C(=O)C(C)C(N)c1ccccc1.Cl. The van der Waals surface area contributed by atoms with Crippen LogP contribution in [0.4, 0.5) is 0 Å². The average Bonchev–Trinajstić information content (AvgIpc) is 3.04. The summed E-state index contributed by atoms with van der Waals surface area (Å²) in [5.41, 5.74) is 7.27. The summed E-state index contributed by atoms with van der Waals surface area (Å²) in [6, 6.07) is 13.6. The molecule has 2 rings (SSSR count). The van der Waals surface area contributed by atoms with Crippen molar-refractivity contribution in [3.63, 3.8) is 0 Å². The molecule has 120 valence electrons. The normalized spacial score (nSPS) is 13.0. The van der Waals surface area contributed by atoms with Gasteiger partial charge in [-0.25, -0.2) is 0 Å². The number of nitrogens with zero attached hydrogens (tertiary/aromatic N) is 1. The Hall–Kier alpha value is -1.36. The van der Waals surface area contributed by atoms with E-state index in [1.165, 1.54) is 4.88 Å². The van der Waals surface area contributed by atoms with Crippen LogP contribution in [0.25, 0.3) is 0 Å². The molecule has 0 aliphatic heterocycles. The second kappa shape index (κ2) is 8.93. The molecule has 3 nitrogen and oxygen atoms in total. The Bertz CT molecular complexity index is 559. The average molecular weight is 339 g/mol. The van der Waals surface area contributed by atoms with Gasteiger partial charge in [-0.1, -0.05) is 43.3 Å². The third-order valence-electron chi connectivity index (χ3n) is 3.73. The lowest BCUT2D eigenvalue weighted by Gasteiger charge is -2.27. The second-order valence-corrected chi connectivity index (χ2v) is 6.19. The topological polar surface area (TPSA) is 46.3 Å². The zero-order valence-electron chi connectivity index (χ0n) is 12.9. The van der Waals surface area contributed by atoms with Crippen molar-refractivity contribution in [2.24, 2.45) is 11.7 Å². The molecule has 2 unspecified atom stereocenters. The molecule has 0 bridgehead atoms. The van der Waals surface area contributed by atoms with Gasteiger partial charge in [0.2, 0.25) is 5.91 Å². The minimum absolute atomic E-state index is 0. The molecule has 0 fully saturated rings. The lowest BCUT2D eigenvalue weighted by atomic mass is 9.94. The van der Waals surface area contributed by atoms with Crippen molar-refractivity contribution in [2.75, 3.05) is 6.54 Å². The van der Waals surface area contributed by atoms with E-state index in [-0.39, 0.29) is 30.3 Å². The third kappa shape index (κ3) is 4.57. The highest BCUT2D eigenvalue weighted by Crippen LogP contribution is 2.22. The number of nitrogens with two attached hydrogens (primary N) is 1. The van der Waals surface area contributed by atoms with Gasteiger partial charge in [0.1, 0.15) is 0 Å². The number of halogens is 1. The van der Waals surface area contributed by atoms with Gasteiger partial charge >= 0.3 is 0 Å². The molecule has 2 atom stereocenters. The van der Waals surface area contributed by atoms with Crippen molar-refractivity contribution in [2.45, 2.75) is 26.4 Å². The molecule has 0 aliphatic rings. The quantitative estimate of drug-likeness (QED) is 0.869. The molecule has 0 radical (unpaired) electrons. The van der Waals surface area contributed by atoms with E-state index in [1.54, 1.807) is 11.3 Å². The first kappa shape index (κ1) is 18.7. The predicted octanol–water partition coefficient (Wildman–Crippen LogP) is 3.85. The van der Waals surface area contributed by atoms with E-state index in [2.05, 4.69) is 6.07 Å². The second-order valence-electron chi connectivity index (χ2n) is 5.16. The Labute approximate surface area is 142 Å². The van der Waals surface area contributed by atoms with Crippen molar-refractivity contribution in [1.29, 1.82) is 0 Å². The molecule has 1 heterocycles. The molecule has 5 heteroatoms. The maximum absolute atomic E-state index is 12.7. The first-order chi connectivity index (χ1) is 10.1. The van der Waals surface area contributed by atoms with Gasteiger partial charge in [-0.15, -0.1) is 23.7 Å². The molecule has 0 aliphatic carbocycles. The number of amides is 1. The molecule has 1 amide bonds. The van der Waals surface area contributed by atoms with E-state index < -0.39 is 0 Å². The van der Waals surface area contributed by atoms with E-state index in [1.807, 2.05) is 60.5 Å². The monoisotopic (exact) mass is 338 g/mol. The van der Waals surface area contributed by atoms with Gasteiger partial charge in [-0.3, -0.25) is 4.79 Å². The van der Waals surface area contributed by atoms with Gasteiger partial charge in [0.25, 0.3) is 0 Å². The van der Waals surface area contributed by atoms with Gasteiger partial charge < -0.3 is 10.6 Å². The molecular weight excluding hydrogens is 316 g/mol. The summed E-state index contributed by atoms with van der Waals surface area (Å²) in [6.45, 7) is 5.28. The van der Waals surface area contributed by atoms with E-state index in [0.717, 1.165) is 5.56 Å². The van der Waals surface area contributed by atoms with Crippen LogP contribution in [0.1, 0.15) is 30.3 Å². The molecule has 22 heavy (non-hydrogen) atoms. The number of carbonyl (C=O) groups excluding carboxylic acids is 1. The fourth-order valence-electron chi connectivity index (χ4n) is 2.34. The first-order valence-corrected chi connectivity index (χ1v) is 8.13. The van der Waals surface area contributed by atoms with Gasteiger partial charge in [-0.2, -0.15) is 0 Å². The van der Waals surface area contributed by atoms with Crippen LogP contribution < -0.4 is 5.73 Å². The highest BCUT2D eigenvalue weighted by atomic mass is 35.5. The highest BCUT2D eigenvalue weighted by Gasteiger charge is 2.26. The van der Waals surface area contributed by atoms with Crippen molar-refractivity contribution in [3.8, 4) is 0 Å². The van der Waals surface area contributed by atoms with Crippen LogP contribution in [0.3, 0.4) is 0 Å². The van der Waals surface area contributed by atoms with Crippen LogP contribution in [0, 0.1) is 5.92 Å². The molecule has 2 aromatic rings. The van der Waals surface area contributed by atoms with Gasteiger partial charge in [0.05, 0.1) is 12.5 Å². The van der Waals surface area contributed by atoms with Crippen molar-refractivity contribution in [1.82, 2.24) is 4.90 Å². The lowest BCUT2D eigenvalue weighted by Crippen LogP contribution is -2.38. The standard InChI is InChI=1S/C17H22N2OS.ClH/c1-3-19(12-15-10-7-11-21-15)17(20)13(2)16(18)14-8-5-4-6-9-14;/h4-11,13,16H,3,12,18H2,1-2H3;1H. The van der Waals surface area contributed by atoms with Crippen LogP contribution in [-0.4, -0.2) is 17.4 Å². The lowest BCUT2D eigenvalue weighted by molar-refractivity contribution is -0.136. The van der Waals surface area contributed by atoms with Crippen LogP contribution in [0.5, 0.6) is 0 Å². The molecule has 1 aromatic carbocycles. The summed E-state index contributed by atoms with van der Waals surface area (Å²) >= 11 is 1.68. The summed E-state index contributed by atoms with van der Waals surface area (Å²) in [4.78, 5) is 15.7. The largest absolute Gasteiger partial charge is 0.338 e. The maximum Gasteiger partial charge on any atom is 0.227 e. The Morgan fingerprint density at radius 2 is 1.91 bits per heavy atom. The maximum atomic E-state index is 12.7. The molecule has 0 spiro atoms. The summed E-state index contributed by atoms with van der Waals surface area (Å²) < 4.78 is 0. The summed E-state index contributed by atoms with van der Waals surface area (Å²) in [6.07, 6.45) is 0. The predicted molar refractivity (Wildman–Crippen MR) is 95.2 cm³/mol. The number of rotatable bonds is 6. The molecule has 0 saturated carbocycles. The van der Waals surface area contributed by atoms with Gasteiger partial charge in [-0.05, 0) is 23.9 Å². The molecular formula is C17H23ClN2OS. The summed E-state index contributed by atoms with van der Waals surface area (Å²) in [5, 5.41) is 2.03. The third-order valence-corrected chi connectivity index (χ3v) is 4.59. The zero-order chi connectivity index (χ0) is 15.2. The minimum atomic E-state index is -0.268. The van der Waals surface area contributed by atoms with Crippen LogP contribution in [0.2, 0.25) is 0 Å². The molecule has 0 saturated heterocycles. The Kier molecular flexibility index (Phi) is 7.59. The van der Waals surface area contributed by atoms with E-state index in [9.17, 15) is 4.79 Å². The number of carbonyl (C=O) groups is 1. The Morgan fingerprint density at radius 3 is 2.45 bits per heavy atom. The fourth-order valence-corrected chi connectivity index (χ4v) is 3.06. The number of thiophene rings is 1. The van der Waals surface area contributed by atoms with Crippen LogP contribution in [-0.2, 0) is 11.3 Å². The van der Waals surface area contributed by atoms with Gasteiger partial charge in [0, 0.05) is 17.5 Å². The van der Waals surface area contributed by atoms with E-state index in [0.29, 0.717) is 13.1 Å². The van der Waals surface area contributed by atoms with Crippen LogP contribution >= 0.6 is 23.7 Å². The first-order valence-electron chi connectivity index (χ1n) is 7.25. The van der Waals surface area contributed by atoms with E-state index in [4.69, 9.17) is 5.73 Å². The molecule has 2 N–H and O–H groups in total. The number of hydrogen-bond donors (Lipinski definition) is 1. The zero-order valence-corrected chi connectivity index (χ0v) is 14.6. The van der Waals surface area contributed by atoms with Crippen molar-refractivity contribution >= 4 is 29.7 Å². The Balaban J connectivity index is 0.00000242. The van der Waals surface area contributed by atoms with Crippen molar-refractivity contribution < 1.29 is 4.79 Å². The van der Waals surface area contributed by atoms with Crippen LogP contribution in [0.15, 0.2) is 47.8 Å². The summed E-state index contributed by atoms with van der Waals surface area (Å²) in [7, 11) is 0. The highest BCUT2D eigenvalue weighted by molar-refractivity contribution is 7.09. The number of hydrogen-bond acceptors (Lipinski definition) is 3. The number of benzene rings is 1. The van der Waals surface area contributed by atoms with Crippen molar-refractivity contribution in [3.05, 3.63) is 58.3 Å². The minimum Gasteiger partial charge on any atom is -0.338 e. The smallest absolute Gasteiger partial charge is 0.227 e. The fraction of sp³-hybridized carbons (Fsp3) is 0.353.